The molecule has 1 aliphatic heterocycles. The summed E-state index contributed by atoms with van der Waals surface area (Å²) in [5.74, 6) is 0.947. The van der Waals surface area contributed by atoms with Crippen molar-refractivity contribution in [2.75, 3.05) is 20.1 Å². The van der Waals surface area contributed by atoms with Gasteiger partial charge in [0.05, 0.1) is 0 Å². The van der Waals surface area contributed by atoms with Crippen LogP contribution in [0.3, 0.4) is 0 Å². The molecule has 2 heteroatoms. The fraction of sp³-hybridized carbons (Fsp3) is 1.00. The average Bonchev–Trinajstić information content (AvgIpc) is 2.22. The van der Waals surface area contributed by atoms with Crippen LogP contribution in [0.25, 0.3) is 0 Å². The molecule has 88 valence electrons. The van der Waals surface area contributed by atoms with Crippen LogP contribution in [0, 0.1) is 5.92 Å². The molecule has 0 spiro atoms. The standard InChI is InChI=1S/C13H26N2/c1-11-4-3-5-13(10-11)14-12-6-8-15(2)9-7-12/h11-14H,3-10H2,1-2H3/t11-,13+/m0/s1. The van der Waals surface area contributed by atoms with E-state index in [1.54, 1.807) is 0 Å². The van der Waals surface area contributed by atoms with Crippen molar-refractivity contribution >= 4 is 0 Å². The Balaban J connectivity index is 1.71. The lowest BCUT2D eigenvalue weighted by molar-refractivity contribution is 0.203. The highest BCUT2D eigenvalue weighted by molar-refractivity contribution is 4.82. The molecule has 0 bridgehead atoms. The van der Waals surface area contributed by atoms with Crippen molar-refractivity contribution in [3.05, 3.63) is 0 Å². The van der Waals surface area contributed by atoms with Gasteiger partial charge < -0.3 is 10.2 Å². The molecular weight excluding hydrogens is 184 g/mol. The molecule has 0 amide bonds. The molecule has 2 aliphatic rings. The summed E-state index contributed by atoms with van der Waals surface area (Å²) in [5, 5.41) is 3.88. The molecule has 15 heavy (non-hydrogen) atoms. The molecule has 0 unspecified atom stereocenters. The average molecular weight is 210 g/mol. The quantitative estimate of drug-likeness (QED) is 0.752. The predicted octanol–water partition coefficient (Wildman–Crippen LogP) is 2.25. The number of rotatable bonds is 2. The topological polar surface area (TPSA) is 15.3 Å². The second-order valence-electron chi connectivity index (χ2n) is 5.71. The maximum absolute atomic E-state index is 3.88. The smallest absolute Gasteiger partial charge is 0.00939 e. The SMILES string of the molecule is C[C@H]1CCC[C@@H](NC2CCN(C)CC2)C1. The first-order chi connectivity index (χ1) is 7.24. The summed E-state index contributed by atoms with van der Waals surface area (Å²) < 4.78 is 0. The van der Waals surface area contributed by atoms with Crippen LogP contribution < -0.4 is 5.32 Å². The minimum absolute atomic E-state index is 0.802. The molecule has 1 aliphatic carbocycles. The van der Waals surface area contributed by atoms with Gasteiger partial charge in [-0.15, -0.1) is 0 Å². The van der Waals surface area contributed by atoms with Crippen LogP contribution in [0.1, 0.15) is 45.4 Å². The predicted molar refractivity (Wildman–Crippen MR) is 65.1 cm³/mol. The Kier molecular flexibility index (Phi) is 4.04. The monoisotopic (exact) mass is 210 g/mol. The van der Waals surface area contributed by atoms with Gasteiger partial charge in [-0.1, -0.05) is 19.8 Å². The Morgan fingerprint density at radius 1 is 1.00 bits per heavy atom. The van der Waals surface area contributed by atoms with Gasteiger partial charge in [-0.3, -0.25) is 0 Å². The zero-order valence-electron chi connectivity index (χ0n) is 10.3. The van der Waals surface area contributed by atoms with E-state index in [1.807, 2.05) is 0 Å². The Hall–Kier alpha value is -0.0800. The molecule has 1 heterocycles. The summed E-state index contributed by atoms with van der Waals surface area (Å²) in [6.07, 6.45) is 8.41. The van der Waals surface area contributed by atoms with Crippen LogP contribution in [-0.4, -0.2) is 37.1 Å². The van der Waals surface area contributed by atoms with Gasteiger partial charge in [-0.2, -0.15) is 0 Å². The van der Waals surface area contributed by atoms with Gasteiger partial charge in [0.15, 0.2) is 0 Å². The summed E-state index contributed by atoms with van der Waals surface area (Å²) in [4.78, 5) is 2.45. The second kappa shape index (κ2) is 5.31. The number of hydrogen-bond donors (Lipinski definition) is 1. The number of hydrogen-bond acceptors (Lipinski definition) is 2. The molecule has 0 aromatic carbocycles. The largest absolute Gasteiger partial charge is 0.311 e. The van der Waals surface area contributed by atoms with Crippen molar-refractivity contribution in [2.45, 2.75) is 57.5 Å². The van der Waals surface area contributed by atoms with E-state index >= 15 is 0 Å². The number of piperidine rings is 1. The second-order valence-corrected chi connectivity index (χ2v) is 5.71. The Morgan fingerprint density at radius 3 is 2.40 bits per heavy atom. The molecule has 2 atom stereocenters. The third-order valence-corrected chi connectivity index (χ3v) is 4.13. The van der Waals surface area contributed by atoms with Gasteiger partial charge in [0.2, 0.25) is 0 Å². The lowest BCUT2D eigenvalue weighted by atomic mass is 9.86. The number of nitrogens with one attached hydrogen (secondary N) is 1. The van der Waals surface area contributed by atoms with Crippen molar-refractivity contribution in [2.24, 2.45) is 5.92 Å². The van der Waals surface area contributed by atoms with Gasteiger partial charge >= 0.3 is 0 Å². The van der Waals surface area contributed by atoms with Crippen LogP contribution in [0.15, 0.2) is 0 Å². The summed E-state index contributed by atoms with van der Waals surface area (Å²) in [7, 11) is 2.24. The van der Waals surface area contributed by atoms with E-state index in [-0.39, 0.29) is 0 Å². The molecule has 2 fully saturated rings. The van der Waals surface area contributed by atoms with E-state index in [0.717, 1.165) is 18.0 Å². The number of nitrogens with zero attached hydrogens (tertiary/aromatic N) is 1. The molecule has 0 aromatic heterocycles. The Labute approximate surface area is 94.4 Å². The van der Waals surface area contributed by atoms with Gasteiger partial charge in [-0.05, 0) is 51.7 Å². The molecule has 0 aromatic rings. The van der Waals surface area contributed by atoms with Crippen molar-refractivity contribution in [3.8, 4) is 0 Å². The first-order valence-corrected chi connectivity index (χ1v) is 6.68. The highest BCUT2D eigenvalue weighted by atomic mass is 15.1. The zero-order valence-corrected chi connectivity index (χ0v) is 10.3. The Bertz CT molecular complexity index is 185. The van der Waals surface area contributed by atoms with Gasteiger partial charge in [0, 0.05) is 12.1 Å². The molecule has 0 radical (unpaired) electrons. The molecule has 2 rings (SSSR count). The molecule has 1 saturated heterocycles. The van der Waals surface area contributed by atoms with Crippen LogP contribution in [-0.2, 0) is 0 Å². The third-order valence-electron chi connectivity index (χ3n) is 4.13. The molecule has 1 saturated carbocycles. The van der Waals surface area contributed by atoms with Crippen molar-refractivity contribution in [1.82, 2.24) is 10.2 Å². The van der Waals surface area contributed by atoms with Gasteiger partial charge in [0.25, 0.3) is 0 Å². The summed E-state index contributed by atoms with van der Waals surface area (Å²) in [6.45, 7) is 4.96. The molecule has 1 N–H and O–H groups in total. The minimum Gasteiger partial charge on any atom is -0.311 e. The normalized spacial score (nSPS) is 35.6. The van der Waals surface area contributed by atoms with E-state index in [0.29, 0.717) is 0 Å². The van der Waals surface area contributed by atoms with Crippen LogP contribution in [0.4, 0.5) is 0 Å². The van der Waals surface area contributed by atoms with Gasteiger partial charge in [-0.25, -0.2) is 0 Å². The van der Waals surface area contributed by atoms with Crippen LogP contribution in [0.5, 0.6) is 0 Å². The first-order valence-electron chi connectivity index (χ1n) is 6.68. The van der Waals surface area contributed by atoms with Crippen LogP contribution in [0.2, 0.25) is 0 Å². The lowest BCUT2D eigenvalue weighted by Gasteiger charge is -2.35. The van der Waals surface area contributed by atoms with Crippen molar-refractivity contribution in [3.63, 3.8) is 0 Å². The first kappa shape index (κ1) is 11.4. The van der Waals surface area contributed by atoms with E-state index in [4.69, 9.17) is 0 Å². The maximum Gasteiger partial charge on any atom is 0.00939 e. The highest BCUT2D eigenvalue weighted by Crippen LogP contribution is 2.24. The Morgan fingerprint density at radius 2 is 1.73 bits per heavy atom. The number of likely N-dealkylation sites (tertiary alicyclic amines) is 1. The summed E-state index contributed by atoms with van der Waals surface area (Å²) in [5.41, 5.74) is 0. The van der Waals surface area contributed by atoms with E-state index in [9.17, 15) is 0 Å². The lowest BCUT2D eigenvalue weighted by Crippen LogP contribution is -2.46. The van der Waals surface area contributed by atoms with Gasteiger partial charge in [0.1, 0.15) is 0 Å². The molecular formula is C13H26N2. The third kappa shape index (κ3) is 3.46. The maximum atomic E-state index is 3.88. The fourth-order valence-electron chi connectivity index (χ4n) is 3.09. The summed E-state index contributed by atoms with van der Waals surface area (Å²) in [6, 6.07) is 1.62. The van der Waals surface area contributed by atoms with E-state index in [2.05, 4.69) is 24.2 Å². The van der Waals surface area contributed by atoms with E-state index in [1.165, 1.54) is 51.6 Å². The summed E-state index contributed by atoms with van der Waals surface area (Å²) >= 11 is 0. The van der Waals surface area contributed by atoms with E-state index < -0.39 is 0 Å². The molecule has 2 nitrogen and oxygen atoms in total. The minimum atomic E-state index is 0.802. The fourth-order valence-corrected chi connectivity index (χ4v) is 3.09. The van der Waals surface area contributed by atoms with Crippen LogP contribution >= 0.6 is 0 Å². The van der Waals surface area contributed by atoms with Crippen molar-refractivity contribution in [1.29, 1.82) is 0 Å². The highest BCUT2D eigenvalue weighted by Gasteiger charge is 2.23. The zero-order chi connectivity index (χ0) is 10.7. The van der Waals surface area contributed by atoms with Crippen molar-refractivity contribution < 1.29 is 0 Å².